The van der Waals surface area contributed by atoms with Gasteiger partial charge < -0.3 is 5.32 Å². The largest absolute Gasteiger partial charge is 0.339 e. The maximum Gasteiger partial charge on any atom is 0.144 e. The van der Waals surface area contributed by atoms with E-state index in [1.807, 2.05) is 37.3 Å². The lowest BCUT2D eigenvalue weighted by Gasteiger charge is -2.09. The third-order valence-electron chi connectivity index (χ3n) is 2.45. The van der Waals surface area contributed by atoms with Gasteiger partial charge in [0.1, 0.15) is 5.82 Å². The van der Waals surface area contributed by atoms with Crippen molar-refractivity contribution in [1.29, 1.82) is 0 Å². The Bertz CT molecular complexity index is 511. The molecule has 0 radical (unpaired) electrons. The molecule has 0 atom stereocenters. The minimum absolute atomic E-state index is 0.534. The molecule has 0 amide bonds. The first-order valence-corrected chi connectivity index (χ1v) is 6.56. The van der Waals surface area contributed by atoms with Crippen molar-refractivity contribution in [3.8, 4) is 0 Å². The van der Waals surface area contributed by atoms with Crippen molar-refractivity contribution in [2.75, 3.05) is 5.32 Å². The van der Waals surface area contributed by atoms with Crippen molar-refractivity contribution in [2.24, 2.45) is 0 Å². The van der Waals surface area contributed by atoms with E-state index in [9.17, 15) is 0 Å². The van der Waals surface area contributed by atoms with Gasteiger partial charge in [0.25, 0.3) is 0 Å². The molecule has 17 heavy (non-hydrogen) atoms. The van der Waals surface area contributed by atoms with Gasteiger partial charge in [-0.25, -0.2) is 4.98 Å². The molecule has 0 saturated carbocycles. The first-order valence-electron chi connectivity index (χ1n) is 5.23. The number of anilines is 2. The minimum atomic E-state index is 0.534. The zero-order valence-corrected chi connectivity index (χ0v) is 11.7. The molecule has 0 unspecified atom stereocenters. The Labute approximate surface area is 114 Å². The van der Waals surface area contributed by atoms with E-state index in [0.717, 1.165) is 27.1 Å². The average molecular weight is 312 g/mol. The van der Waals surface area contributed by atoms with Crippen LogP contribution in [0.4, 0.5) is 11.5 Å². The topological polar surface area (TPSA) is 24.9 Å². The van der Waals surface area contributed by atoms with Crippen molar-refractivity contribution < 1.29 is 0 Å². The van der Waals surface area contributed by atoms with Gasteiger partial charge in [0.2, 0.25) is 0 Å². The molecule has 88 valence electrons. The normalized spacial score (nSPS) is 10.3. The fraction of sp³-hybridized carbons (Fsp3) is 0.154. The lowest BCUT2D eigenvalue weighted by Crippen LogP contribution is -1.95. The lowest BCUT2D eigenvalue weighted by atomic mass is 10.2. The van der Waals surface area contributed by atoms with Gasteiger partial charge in [-0.2, -0.15) is 0 Å². The Morgan fingerprint density at radius 3 is 2.59 bits per heavy atom. The number of pyridine rings is 1. The Morgan fingerprint density at radius 1 is 1.24 bits per heavy atom. The van der Waals surface area contributed by atoms with Crippen LogP contribution in [0.25, 0.3) is 0 Å². The number of hydrogen-bond acceptors (Lipinski definition) is 2. The van der Waals surface area contributed by atoms with Crippen molar-refractivity contribution >= 4 is 39.0 Å². The van der Waals surface area contributed by atoms with Crippen LogP contribution in [0.1, 0.15) is 11.1 Å². The molecule has 0 saturated heterocycles. The van der Waals surface area contributed by atoms with E-state index in [2.05, 4.69) is 26.2 Å². The maximum absolute atomic E-state index is 5.75. The summed E-state index contributed by atoms with van der Waals surface area (Å²) in [6.45, 7) is 2.04. The third kappa shape index (κ3) is 2.99. The number of aryl methyl sites for hydroxylation is 1. The van der Waals surface area contributed by atoms with Crippen LogP contribution < -0.4 is 5.32 Å². The number of nitrogens with zero attached hydrogens (tertiary/aromatic N) is 1. The van der Waals surface area contributed by atoms with Gasteiger partial charge >= 0.3 is 0 Å². The molecule has 2 aromatic rings. The summed E-state index contributed by atoms with van der Waals surface area (Å²) in [6, 6.07) is 9.95. The number of benzene rings is 1. The van der Waals surface area contributed by atoms with E-state index in [4.69, 9.17) is 11.6 Å². The molecule has 0 aliphatic carbocycles. The van der Waals surface area contributed by atoms with E-state index < -0.39 is 0 Å². The van der Waals surface area contributed by atoms with Crippen LogP contribution in [0.5, 0.6) is 0 Å². The predicted molar refractivity (Wildman–Crippen MR) is 76.0 cm³/mol. The first kappa shape index (κ1) is 12.4. The molecule has 0 bridgehead atoms. The van der Waals surface area contributed by atoms with E-state index in [0.29, 0.717) is 5.88 Å². The van der Waals surface area contributed by atoms with E-state index in [1.165, 1.54) is 0 Å². The highest BCUT2D eigenvalue weighted by molar-refractivity contribution is 9.10. The summed E-state index contributed by atoms with van der Waals surface area (Å²) < 4.78 is 0.987. The smallest absolute Gasteiger partial charge is 0.144 e. The number of halogens is 2. The van der Waals surface area contributed by atoms with Crippen LogP contribution in [0.2, 0.25) is 0 Å². The lowest BCUT2D eigenvalue weighted by molar-refractivity contribution is 1.25. The summed E-state index contributed by atoms with van der Waals surface area (Å²) in [6.07, 6.45) is 1.79. The van der Waals surface area contributed by atoms with Gasteiger partial charge in [-0.05, 0) is 52.2 Å². The molecule has 0 aliphatic heterocycles. The molecule has 2 rings (SSSR count). The fourth-order valence-electron chi connectivity index (χ4n) is 1.44. The SMILES string of the molecule is Cc1ccnc(Nc2ccc(CCl)cc2)c1Br. The Morgan fingerprint density at radius 2 is 1.94 bits per heavy atom. The van der Waals surface area contributed by atoms with Gasteiger partial charge in [-0.1, -0.05) is 12.1 Å². The molecule has 1 aromatic heterocycles. The average Bonchev–Trinajstić information content (AvgIpc) is 2.36. The second-order valence-electron chi connectivity index (χ2n) is 3.75. The molecule has 2 nitrogen and oxygen atoms in total. The third-order valence-corrected chi connectivity index (χ3v) is 3.76. The quantitative estimate of drug-likeness (QED) is 0.836. The van der Waals surface area contributed by atoms with Gasteiger partial charge in [0.05, 0.1) is 4.47 Å². The van der Waals surface area contributed by atoms with Crippen molar-refractivity contribution in [2.45, 2.75) is 12.8 Å². The van der Waals surface area contributed by atoms with Gasteiger partial charge in [0, 0.05) is 17.8 Å². The molecular formula is C13H12BrClN2. The summed E-state index contributed by atoms with van der Waals surface area (Å²) in [7, 11) is 0. The molecular weight excluding hydrogens is 300 g/mol. The van der Waals surface area contributed by atoms with E-state index in [1.54, 1.807) is 6.20 Å². The van der Waals surface area contributed by atoms with Crippen molar-refractivity contribution in [1.82, 2.24) is 4.98 Å². The van der Waals surface area contributed by atoms with Gasteiger partial charge in [0.15, 0.2) is 0 Å². The summed E-state index contributed by atoms with van der Waals surface area (Å²) in [5, 5.41) is 3.26. The maximum atomic E-state index is 5.75. The van der Waals surface area contributed by atoms with Gasteiger partial charge in [-0.15, -0.1) is 11.6 Å². The Hall–Kier alpha value is -1.06. The number of nitrogens with one attached hydrogen (secondary N) is 1. The molecule has 1 N–H and O–H groups in total. The predicted octanol–water partition coefficient (Wildman–Crippen LogP) is 4.63. The van der Waals surface area contributed by atoms with Gasteiger partial charge in [-0.3, -0.25) is 0 Å². The Balaban J connectivity index is 2.22. The monoisotopic (exact) mass is 310 g/mol. The fourth-order valence-corrected chi connectivity index (χ4v) is 1.95. The molecule has 4 heteroatoms. The summed E-state index contributed by atoms with van der Waals surface area (Å²) in [5.74, 6) is 1.36. The van der Waals surface area contributed by atoms with Crippen molar-refractivity contribution in [3.05, 3.63) is 52.1 Å². The molecule has 1 aromatic carbocycles. The summed E-state index contributed by atoms with van der Waals surface area (Å²) in [4.78, 5) is 4.29. The van der Waals surface area contributed by atoms with Crippen molar-refractivity contribution in [3.63, 3.8) is 0 Å². The van der Waals surface area contributed by atoms with Crippen LogP contribution in [-0.4, -0.2) is 4.98 Å². The summed E-state index contributed by atoms with van der Waals surface area (Å²) >= 11 is 9.26. The molecule has 1 heterocycles. The highest BCUT2D eigenvalue weighted by atomic mass is 79.9. The summed E-state index contributed by atoms with van der Waals surface area (Å²) in [5.41, 5.74) is 3.26. The standard InChI is InChI=1S/C13H12BrClN2/c1-9-6-7-16-13(12(9)14)17-11-4-2-10(8-15)3-5-11/h2-7H,8H2,1H3,(H,16,17). The van der Waals surface area contributed by atoms with Crippen LogP contribution in [0.15, 0.2) is 41.0 Å². The highest BCUT2D eigenvalue weighted by Gasteiger charge is 2.03. The number of alkyl halides is 1. The highest BCUT2D eigenvalue weighted by Crippen LogP contribution is 2.26. The second kappa shape index (κ2) is 5.52. The van der Waals surface area contributed by atoms with Crippen LogP contribution in [0, 0.1) is 6.92 Å². The number of rotatable bonds is 3. The zero-order valence-electron chi connectivity index (χ0n) is 9.37. The molecule has 0 spiro atoms. The minimum Gasteiger partial charge on any atom is -0.339 e. The number of aromatic nitrogens is 1. The van der Waals surface area contributed by atoms with E-state index in [-0.39, 0.29) is 0 Å². The molecule has 0 fully saturated rings. The van der Waals surface area contributed by atoms with Crippen LogP contribution in [-0.2, 0) is 5.88 Å². The van der Waals surface area contributed by atoms with Crippen LogP contribution in [0.3, 0.4) is 0 Å². The first-order chi connectivity index (χ1) is 8.20. The Kier molecular flexibility index (Phi) is 4.02. The second-order valence-corrected chi connectivity index (χ2v) is 4.81. The molecule has 0 aliphatic rings. The van der Waals surface area contributed by atoms with Crippen LogP contribution >= 0.6 is 27.5 Å². The van der Waals surface area contributed by atoms with E-state index >= 15 is 0 Å². The zero-order chi connectivity index (χ0) is 12.3. The number of hydrogen-bond donors (Lipinski definition) is 1.